The minimum Gasteiger partial charge on any atom is -0.419 e. The van der Waals surface area contributed by atoms with E-state index < -0.39 is 37.3 Å². The topological polar surface area (TPSA) is 99.4 Å². The molecule has 4 N–H and O–H groups in total. The van der Waals surface area contributed by atoms with Crippen LogP contribution in [-0.4, -0.2) is 65.8 Å². The third-order valence-electron chi connectivity index (χ3n) is 2.08. The molecular weight excluding hydrogens is 179 g/mol. The normalized spacial score (nSPS) is 46.3. The van der Waals surface area contributed by atoms with Crippen LogP contribution < -0.4 is 0 Å². The molecule has 1 aliphatic heterocycles. The summed E-state index contributed by atoms with van der Waals surface area (Å²) in [5.74, 6) is 0. The average molecular weight is 192 g/mol. The van der Waals surface area contributed by atoms with Crippen LogP contribution in [-0.2, 0) is 9.39 Å². The molecule has 0 spiro atoms. The predicted octanol–water partition coefficient (Wildman–Crippen LogP) is -3.65. The first kappa shape index (κ1) is 10.9. The van der Waals surface area contributed by atoms with Crippen molar-refractivity contribution in [2.24, 2.45) is 0 Å². The van der Waals surface area contributed by atoms with E-state index in [-0.39, 0.29) is 0 Å². The third-order valence-corrected chi connectivity index (χ3v) is 2.08. The first-order valence-corrected chi connectivity index (χ1v) is 3.95. The molecule has 76 valence electrons. The summed E-state index contributed by atoms with van der Waals surface area (Å²) >= 11 is 0. The fourth-order valence-corrected chi connectivity index (χ4v) is 1.26. The Bertz CT molecular complexity index is 147. The second-order valence-corrected chi connectivity index (χ2v) is 2.93. The molecule has 5 atom stereocenters. The van der Waals surface area contributed by atoms with Gasteiger partial charge in [0, 0.05) is 0 Å². The first-order chi connectivity index (χ1) is 6.11. The zero-order valence-electron chi connectivity index (χ0n) is 7.20. The van der Waals surface area contributed by atoms with Gasteiger partial charge in [-0.3, -0.25) is 0 Å². The van der Waals surface area contributed by atoms with Crippen molar-refractivity contribution in [2.75, 3.05) is 6.61 Å². The lowest BCUT2D eigenvalue weighted by Crippen LogP contribution is -2.59. The van der Waals surface area contributed by atoms with Gasteiger partial charge in [0.1, 0.15) is 24.4 Å². The van der Waals surface area contributed by atoms with Crippen LogP contribution >= 0.6 is 0 Å². The van der Waals surface area contributed by atoms with Crippen molar-refractivity contribution in [2.45, 2.75) is 30.7 Å². The van der Waals surface area contributed by atoms with Crippen LogP contribution in [0.15, 0.2) is 0 Å². The van der Waals surface area contributed by atoms with Crippen molar-refractivity contribution in [3.05, 3.63) is 0 Å². The number of ether oxygens (including phenoxy) is 1. The van der Waals surface area contributed by atoms with Gasteiger partial charge in [0.25, 0.3) is 8.05 Å². The van der Waals surface area contributed by atoms with Gasteiger partial charge in [0.05, 0.1) is 6.61 Å². The Morgan fingerprint density at radius 1 is 1.15 bits per heavy atom. The van der Waals surface area contributed by atoms with E-state index in [1.807, 2.05) is 0 Å². The summed E-state index contributed by atoms with van der Waals surface area (Å²) in [5.41, 5.74) is 0. The highest BCUT2D eigenvalue weighted by Crippen LogP contribution is 2.20. The number of aliphatic hydroxyl groups excluding tert-OH is 4. The van der Waals surface area contributed by atoms with Gasteiger partial charge in [-0.1, -0.05) is 0 Å². The minimum atomic E-state index is -1.36. The molecule has 7 heteroatoms. The lowest BCUT2D eigenvalue weighted by Gasteiger charge is -2.39. The lowest BCUT2D eigenvalue weighted by atomic mass is 9.99. The fraction of sp³-hybridized carbons (Fsp3) is 1.00. The molecule has 0 amide bonds. The summed E-state index contributed by atoms with van der Waals surface area (Å²) in [6.07, 6.45) is -5.91. The lowest BCUT2D eigenvalue weighted by molar-refractivity contribution is -0.277. The molecule has 0 aromatic carbocycles. The number of rotatable bonds is 2. The largest absolute Gasteiger partial charge is 0.419 e. The predicted molar refractivity (Wildman–Crippen MR) is 43.4 cm³/mol. The van der Waals surface area contributed by atoms with Crippen LogP contribution in [0, 0.1) is 0 Å². The molecule has 1 saturated heterocycles. The van der Waals surface area contributed by atoms with Crippen molar-refractivity contribution in [3.63, 3.8) is 0 Å². The minimum absolute atomic E-state index is 0.440. The van der Waals surface area contributed by atoms with Crippen molar-refractivity contribution >= 4 is 8.05 Å². The van der Waals surface area contributed by atoms with Crippen molar-refractivity contribution in [1.29, 1.82) is 0 Å². The first-order valence-electron chi connectivity index (χ1n) is 3.95. The zero-order valence-corrected chi connectivity index (χ0v) is 7.20. The molecule has 0 aliphatic carbocycles. The van der Waals surface area contributed by atoms with Crippen LogP contribution in [0.5, 0.6) is 0 Å². The monoisotopic (exact) mass is 192 g/mol. The Hall–Kier alpha value is -0.175. The van der Waals surface area contributed by atoms with Crippen molar-refractivity contribution in [3.8, 4) is 0 Å². The number of hydrogen-bond acceptors (Lipinski definition) is 6. The van der Waals surface area contributed by atoms with Crippen LogP contribution in [0.2, 0.25) is 0 Å². The van der Waals surface area contributed by atoms with Crippen molar-refractivity contribution < 1.29 is 29.8 Å². The summed E-state index contributed by atoms with van der Waals surface area (Å²) in [7, 11) is 1.30. The Morgan fingerprint density at radius 3 is 2.23 bits per heavy atom. The number of hydrogen-bond donors (Lipinski definition) is 4. The molecule has 0 aromatic rings. The highest BCUT2D eigenvalue weighted by atomic mass is 16.7. The van der Waals surface area contributed by atoms with Gasteiger partial charge in [0.15, 0.2) is 6.29 Å². The molecular formula is C6H13BO6. The standard InChI is InChI=1S/C6H13BO6/c7-13-6-5(11)4(10)3(9)2(1-8)12-6/h2-6,8-11H,1,7H2/t2-,3-,4+,5-,6?/m1/s1. The van der Waals surface area contributed by atoms with Gasteiger partial charge < -0.3 is 29.8 Å². The highest BCUT2D eigenvalue weighted by Gasteiger charge is 2.43. The summed E-state index contributed by atoms with van der Waals surface area (Å²) in [5, 5.41) is 36.6. The molecule has 1 rings (SSSR count). The quantitative estimate of drug-likeness (QED) is 0.336. The van der Waals surface area contributed by atoms with Crippen LogP contribution in [0.1, 0.15) is 0 Å². The second kappa shape index (κ2) is 4.36. The average Bonchev–Trinajstić information content (AvgIpc) is 2.15. The van der Waals surface area contributed by atoms with E-state index in [1.165, 1.54) is 8.05 Å². The molecule has 1 aliphatic rings. The summed E-state index contributed by atoms with van der Waals surface area (Å²) in [6.45, 7) is -0.440. The van der Waals surface area contributed by atoms with E-state index in [0.29, 0.717) is 0 Å². The third kappa shape index (κ3) is 2.01. The Balaban J connectivity index is 2.66. The number of aliphatic hydroxyl groups is 4. The second-order valence-electron chi connectivity index (χ2n) is 2.93. The summed E-state index contributed by atoms with van der Waals surface area (Å²) in [6, 6.07) is 0. The highest BCUT2D eigenvalue weighted by molar-refractivity contribution is 5.98. The van der Waals surface area contributed by atoms with E-state index >= 15 is 0 Å². The van der Waals surface area contributed by atoms with Gasteiger partial charge in [-0.15, -0.1) is 0 Å². The maximum atomic E-state index is 9.28. The fourth-order valence-electron chi connectivity index (χ4n) is 1.26. The van der Waals surface area contributed by atoms with E-state index in [4.69, 9.17) is 14.5 Å². The van der Waals surface area contributed by atoms with E-state index in [1.54, 1.807) is 0 Å². The molecule has 0 aromatic heterocycles. The van der Waals surface area contributed by atoms with Gasteiger partial charge in [-0.25, -0.2) is 0 Å². The molecule has 6 nitrogen and oxygen atoms in total. The molecule has 1 unspecified atom stereocenters. The van der Waals surface area contributed by atoms with Crippen molar-refractivity contribution in [1.82, 2.24) is 0 Å². The molecule has 0 radical (unpaired) electrons. The molecule has 0 saturated carbocycles. The molecule has 0 bridgehead atoms. The van der Waals surface area contributed by atoms with E-state index in [9.17, 15) is 15.3 Å². The Labute approximate surface area is 76.1 Å². The van der Waals surface area contributed by atoms with E-state index in [2.05, 4.69) is 0 Å². The van der Waals surface area contributed by atoms with Gasteiger partial charge in [-0.05, 0) is 0 Å². The summed E-state index contributed by atoms with van der Waals surface area (Å²) in [4.78, 5) is 0. The smallest absolute Gasteiger partial charge is 0.260 e. The zero-order chi connectivity index (χ0) is 10.0. The van der Waals surface area contributed by atoms with E-state index in [0.717, 1.165) is 0 Å². The van der Waals surface area contributed by atoms with Gasteiger partial charge in [0.2, 0.25) is 0 Å². The van der Waals surface area contributed by atoms with Crippen LogP contribution in [0.25, 0.3) is 0 Å². The molecule has 1 heterocycles. The maximum absolute atomic E-state index is 9.28. The molecule has 1 fully saturated rings. The van der Waals surface area contributed by atoms with Gasteiger partial charge >= 0.3 is 0 Å². The SMILES string of the molecule is BOC1O[C@H](CO)[C@@H](O)[C@H](O)[C@H]1O. The van der Waals surface area contributed by atoms with Crippen LogP contribution in [0.3, 0.4) is 0 Å². The van der Waals surface area contributed by atoms with Crippen LogP contribution in [0.4, 0.5) is 0 Å². The maximum Gasteiger partial charge on any atom is 0.260 e. The Morgan fingerprint density at radius 2 is 1.77 bits per heavy atom. The Kier molecular flexibility index (Phi) is 3.66. The summed E-state index contributed by atoms with van der Waals surface area (Å²) < 4.78 is 9.65. The van der Waals surface area contributed by atoms with Gasteiger partial charge in [-0.2, -0.15) is 0 Å². The molecule has 13 heavy (non-hydrogen) atoms.